The normalized spacial score (nSPS) is 18.2. The molecule has 0 bridgehead atoms. The summed E-state index contributed by atoms with van der Waals surface area (Å²) < 4.78 is 27.7. The lowest BCUT2D eigenvalue weighted by molar-refractivity contribution is -0.145. The molecule has 148 valence electrons. The number of carboxylic acids is 1. The molecule has 1 atom stereocenters. The molecule has 1 aliphatic heterocycles. The van der Waals surface area contributed by atoms with Gasteiger partial charge in [0.2, 0.25) is 0 Å². The average Bonchev–Trinajstić information content (AvgIpc) is 3.27. The first-order valence-corrected chi connectivity index (χ1v) is 8.36. The van der Waals surface area contributed by atoms with Crippen LogP contribution < -0.4 is 21.7 Å². The number of carboxylic acid groups (broad SMARTS) is 1. The number of carbonyl (C=O) groups excluding carboxylic acids is 1. The topological polar surface area (TPSA) is 145 Å². The molecule has 2 heterocycles. The Hall–Kier alpha value is -3.47. The van der Waals surface area contributed by atoms with Gasteiger partial charge >= 0.3 is 5.97 Å². The minimum absolute atomic E-state index is 0.0379. The zero-order valence-corrected chi connectivity index (χ0v) is 14.6. The molecule has 0 spiro atoms. The highest BCUT2D eigenvalue weighted by Gasteiger charge is 2.47. The largest absolute Gasteiger partial charge is 0.478 e. The van der Waals surface area contributed by atoms with Crippen molar-refractivity contribution in [3.63, 3.8) is 0 Å². The van der Waals surface area contributed by atoms with Gasteiger partial charge in [-0.1, -0.05) is 6.07 Å². The first kappa shape index (κ1) is 19.3. The number of amides is 1. The van der Waals surface area contributed by atoms with E-state index in [0.717, 1.165) is 24.4 Å². The van der Waals surface area contributed by atoms with Crippen LogP contribution in [0.4, 0.5) is 14.5 Å². The molecule has 1 aliphatic rings. The fourth-order valence-electron chi connectivity index (χ4n) is 2.86. The highest BCUT2D eigenvalue weighted by Crippen LogP contribution is 2.30. The van der Waals surface area contributed by atoms with Crippen LogP contribution in [-0.4, -0.2) is 33.7 Å². The fourth-order valence-corrected chi connectivity index (χ4v) is 2.86. The number of allylic oxidation sites excluding steroid dienone is 1. The highest BCUT2D eigenvalue weighted by atomic mass is 19.1. The molecule has 0 fully saturated rings. The smallest absolute Gasteiger partial charge is 0.357 e. The highest BCUT2D eigenvalue weighted by molar-refractivity contribution is 6.05. The van der Waals surface area contributed by atoms with Gasteiger partial charge in [0, 0.05) is 11.9 Å². The number of anilines is 1. The molecule has 1 aromatic heterocycles. The lowest BCUT2D eigenvalue weighted by Gasteiger charge is -2.26. The van der Waals surface area contributed by atoms with E-state index in [4.69, 9.17) is 5.73 Å². The Labute approximate surface area is 158 Å². The maximum absolute atomic E-state index is 13.8. The summed E-state index contributed by atoms with van der Waals surface area (Å²) >= 11 is 0. The Bertz CT molecular complexity index is 924. The molecule has 2 aromatic rings. The third-order valence-corrected chi connectivity index (χ3v) is 4.23. The molecule has 0 saturated heterocycles. The number of nitrogens with one attached hydrogen (secondary N) is 4. The van der Waals surface area contributed by atoms with Gasteiger partial charge in [0.1, 0.15) is 22.9 Å². The number of rotatable bonds is 7. The molecule has 1 amide bonds. The maximum atomic E-state index is 13.8. The zero-order chi connectivity index (χ0) is 20.3. The van der Waals surface area contributed by atoms with Crippen molar-refractivity contribution in [1.82, 2.24) is 20.8 Å². The predicted octanol–water partition coefficient (Wildman–Crippen LogP) is 0.951. The molecular formula is C17H18F2N6O3. The van der Waals surface area contributed by atoms with Gasteiger partial charge in [-0.3, -0.25) is 9.89 Å². The van der Waals surface area contributed by atoms with Crippen LogP contribution in [0.3, 0.4) is 0 Å². The summed E-state index contributed by atoms with van der Waals surface area (Å²) in [6.07, 6.45) is 3.79. The number of aromatic nitrogens is 2. The number of benzene rings is 1. The summed E-state index contributed by atoms with van der Waals surface area (Å²) in [7, 11) is 0. The van der Waals surface area contributed by atoms with Gasteiger partial charge in [-0.15, -0.1) is 0 Å². The van der Waals surface area contributed by atoms with Crippen molar-refractivity contribution in [2.24, 2.45) is 5.73 Å². The zero-order valence-electron chi connectivity index (χ0n) is 14.6. The summed E-state index contributed by atoms with van der Waals surface area (Å²) in [5, 5.41) is 23.9. The van der Waals surface area contributed by atoms with Crippen LogP contribution in [0.1, 0.15) is 28.9 Å². The maximum Gasteiger partial charge on any atom is 0.357 e. The number of aliphatic carboxylic acids is 1. The number of nitrogens with two attached hydrogens (primary N) is 1. The standard InChI is InChI=1S/C17H18F2N6O3/c18-10-4-1-5-11(19)13(10)15(26)23-12-8-22-25-14(12)17(16(27)28)21-7-9(24-17)3-2-6-20/h1,4-5,7-8,21,24H,2-3,6,20H2,(H,22,25)(H,23,26)(H,27,28). The summed E-state index contributed by atoms with van der Waals surface area (Å²) in [5.41, 5.74) is 3.36. The van der Waals surface area contributed by atoms with Crippen molar-refractivity contribution in [3.8, 4) is 0 Å². The van der Waals surface area contributed by atoms with E-state index in [1.807, 2.05) is 0 Å². The van der Waals surface area contributed by atoms with E-state index >= 15 is 0 Å². The van der Waals surface area contributed by atoms with Crippen LogP contribution >= 0.6 is 0 Å². The molecule has 3 rings (SSSR count). The molecule has 7 N–H and O–H groups in total. The first-order chi connectivity index (χ1) is 13.4. The number of halogens is 2. The Morgan fingerprint density at radius 3 is 2.64 bits per heavy atom. The second-order valence-electron chi connectivity index (χ2n) is 6.10. The number of nitrogens with zero attached hydrogens (tertiary/aromatic N) is 1. The summed E-state index contributed by atoms with van der Waals surface area (Å²) in [4.78, 5) is 24.3. The van der Waals surface area contributed by atoms with Crippen molar-refractivity contribution in [3.05, 3.63) is 59.2 Å². The monoisotopic (exact) mass is 392 g/mol. The van der Waals surface area contributed by atoms with Gasteiger partial charge < -0.3 is 26.8 Å². The van der Waals surface area contributed by atoms with Crippen LogP contribution in [-0.2, 0) is 10.5 Å². The van der Waals surface area contributed by atoms with Crippen LogP contribution in [0.2, 0.25) is 0 Å². The number of carbonyl (C=O) groups is 2. The fraction of sp³-hybridized carbons (Fsp3) is 0.235. The molecule has 0 aliphatic carbocycles. The third-order valence-electron chi connectivity index (χ3n) is 4.23. The molecule has 28 heavy (non-hydrogen) atoms. The van der Waals surface area contributed by atoms with E-state index in [1.165, 1.54) is 6.20 Å². The Kier molecular flexibility index (Phi) is 5.27. The molecule has 11 heteroatoms. The Morgan fingerprint density at radius 1 is 1.29 bits per heavy atom. The van der Waals surface area contributed by atoms with Crippen molar-refractivity contribution in [2.45, 2.75) is 18.5 Å². The second-order valence-corrected chi connectivity index (χ2v) is 6.10. The van der Waals surface area contributed by atoms with Gasteiger partial charge in [-0.25, -0.2) is 13.6 Å². The summed E-state index contributed by atoms with van der Waals surface area (Å²) in [6, 6.07) is 3.02. The Morgan fingerprint density at radius 2 is 2.00 bits per heavy atom. The van der Waals surface area contributed by atoms with E-state index in [2.05, 4.69) is 26.1 Å². The summed E-state index contributed by atoms with van der Waals surface area (Å²) in [6.45, 7) is 0.429. The van der Waals surface area contributed by atoms with E-state index in [-0.39, 0.29) is 11.4 Å². The molecule has 0 saturated carbocycles. The molecule has 1 unspecified atom stereocenters. The van der Waals surface area contributed by atoms with Gasteiger partial charge in [-0.05, 0) is 31.5 Å². The van der Waals surface area contributed by atoms with Gasteiger partial charge in [0.15, 0.2) is 0 Å². The van der Waals surface area contributed by atoms with Crippen LogP contribution in [0.15, 0.2) is 36.3 Å². The average molecular weight is 392 g/mol. The molecule has 0 radical (unpaired) electrons. The Balaban J connectivity index is 1.88. The number of H-pyrrole nitrogens is 1. The quantitative estimate of drug-likeness (QED) is 0.411. The van der Waals surface area contributed by atoms with Crippen molar-refractivity contribution < 1.29 is 23.5 Å². The molecular weight excluding hydrogens is 374 g/mol. The van der Waals surface area contributed by atoms with Gasteiger partial charge in [-0.2, -0.15) is 5.10 Å². The minimum atomic E-state index is -1.84. The predicted molar refractivity (Wildman–Crippen MR) is 94.9 cm³/mol. The number of hydrogen-bond donors (Lipinski definition) is 6. The van der Waals surface area contributed by atoms with Crippen LogP contribution in [0.25, 0.3) is 0 Å². The number of hydrogen-bond acceptors (Lipinski definition) is 6. The lowest BCUT2D eigenvalue weighted by atomic mass is 10.1. The molecule has 1 aromatic carbocycles. The van der Waals surface area contributed by atoms with Crippen LogP contribution in [0, 0.1) is 11.6 Å². The van der Waals surface area contributed by atoms with Crippen molar-refractivity contribution >= 4 is 17.6 Å². The van der Waals surface area contributed by atoms with Crippen LogP contribution in [0.5, 0.6) is 0 Å². The first-order valence-electron chi connectivity index (χ1n) is 8.36. The minimum Gasteiger partial charge on any atom is -0.478 e. The van der Waals surface area contributed by atoms with Gasteiger partial charge in [0.05, 0.1) is 11.9 Å². The van der Waals surface area contributed by atoms with E-state index < -0.39 is 34.7 Å². The van der Waals surface area contributed by atoms with E-state index in [0.29, 0.717) is 25.1 Å². The summed E-state index contributed by atoms with van der Waals surface area (Å²) in [5.74, 6) is -4.46. The second kappa shape index (κ2) is 7.64. The van der Waals surface area contributed by atoms with Gasteiger partial charge in [0.25, 0.3) is 11.6 Å². The number of aromatic amines is 1. The SMILES string of the molecule is NCCCC1=CNC(C(=O)O)(c2[nH]ncc2NC(=O)c2c(F)cccc2F)N1. The lowest BCUT2D eigenvalue weighted by Crippen LogP contribution is -2.54. The van der Waals surface area contributed by atoms with E-state index in [1.54, 1.807) is 0 Å². The molecule has 9 nitrogen and oxygen atoms in total. The van der Waals surface area contributed by atoms with Crippen molar-refractivity contribution in [1.29, 1.82) is 0 Å². The third kappa shape index (κ3) is 3.39. The van der Waals surface area contributed by atoms with E-state index in [9.17, 15) is 23.5 Å². The van der Waals surface area contributed by atoms with Crippen molar-refractivity contribution in [2.75, 3.05) is 11.9 Å².